The van der Waals surface area contributed by atoms with Crippen LogP contribution >= 0.6 is 11.6 Å². The number of aliphatic imine (C=N–C) groups is 1. The first-order chi connectivity index (χ1) is 12.6. The van der Waals surface area contributed by atoms with Gasteiger partial charge in [0.05, 0.1) is 6.54 Å². The minimum Gasteiger partial charge on any atom is -0.368 e. The van der Waals surface area contributed by atoms with Crippen LogP contribution < -0.4 is 10.2 Å². The summed E-state index contributed by atoms with van der Waals surface area (Å²) >= 11 is 6.06. The van der Waals surface area contributed by atoms with Crippen molar-refractivity contribution in [2.45, 2.75) is 13.1 Å². The Balaban J connectivity index is 1.56. The monoisotopic (exact) mass is 382 g/mol. The van der Waals surface area contributed by atoms with Gasteiger partial charge in [-0.25, -0.2) is 4.98 Å². The molecule has 0 amide bonds. The van der Waals surface area contributed by atoms with Crippen LogP contribution in [0.4, 0.5) is 14.5 Å². The summed E-state index contributed by atoms with van der Waals surface area (Å²) in [5.41, 5.74) is 1.10. The first-order valence-electron chi connectivity index (χ1n) is 8.34. The Hall–Kier alpha value is -2.35. The Bertz CT molecular complexity index is 755. The van der Waals surface area contributed by atoms with Crippen molar-refractivity contribution in [2.75, 3.05) is 38.1 Å². The lowest BCUT2D eigenvalue weighted by molar-refractivity contribution is 0.0668. The zero-order chi connectivity index (χ0) is 18.5. The fourth-order valence-corrected chi connectivity index (χ4v) is 3.18. The number of imidazole rings is 1. The maximum absolute atomic E-state index is 12.9. The van der Waals surface area contributed by atoms with Crippen LogP contribution in [0.3, 0.4) is 0 Å². The SMILES string of the molecule is CN=C(NCc1nccn1C(F)F)N1CCN(c2cccc(Cl)c2)CC1. The van der Waals surface area contributed by atoms with Gasteiger partial charge in [-0.1, -0.05) is 17.7 Å². The van der Waals surface area contributed by atoms with Crippen LogP contribution in [0.25, 0.3) is 0 Å². The summed E-state index contributed by atoms with van der Waals surface area (Å²) < 4.78 is 26.6. The summed E-state index contributed by atoms with van der Waals surface area (Å²) in [5.74, 6) is 0.957. The molecule has 1 saturated heterocycles. The quantitative estimate of drug-likeness (QED) is 0.652. The van der Waals surface area contributed by atoms with E-state index in [-0.39, 0.29) is 12.4 Å². The van der Waals surface area contributed by atoms with E-state index in [0.29, 0.717) is 5.96 Å². The highest BCUT2D eigenvalue weighted by Gasteiger charge is 2.20. The number of piperazine rings is 1. The number of rotatable bonds is 4. The van der Waals surface area contributed by atoms with Gasteiger partial charge >= 0.3 is 6.55 Å². The topological polar surface area (TPSA) is 48.7 Å². The highest BCUT2D eigenvalue weighted by molar-refractivity contribution is 6.30. The highest BCUT2D eigenvalue weighted by atomic mass is 35.5. The number of nitrogens with one attached hydrogen (secondary N) is 1. The molecule has 140 valence electrons. The minimum absolute atomic E-state index is 0.193. The number of anilines is 1. The number of hydrogen-bond acceptors (Lipinski definition) is 3. The number of hydrogen-bond donors (Lipinski definition) is 1. The minimum atomic E-state index is -2.60. The van der Waals surface area contributed by atoms with Crippen molar-refractivity contribution in [3.8, 4) is 0 Å². The largest absolute Gasteiger partial charge is 0.368 e. The second-order valence-electron chi connectivity index (χ2n) is 5.88. The van der Waals surface area contributed by atoms with Crippen molar-refractivity contribution in [1.82, 2.24) is 19.8 Å². The average Bonchev–Trinajstić information content (AvgIpc) is 3.12. The molecule has 0 spiro atoms. The van der Waals surface area contributed by atoms with E-state index in [4.69, 9.17) is 11.6 Å². The van der Waals surface area contributed by atoms with Crippen molar-refractivity contribution >= 4 is 23.2 Å². The number of aromatic nitrogens is 2. The van der Waals surface area contributed by atoms with E-state index in [1.807, 2.05) is 24.3 Å². The molecule has 26 heavy (non-hydrogen) atoms. The van der Waals surface area contributed by atoms with Gasteiger partial charge in [-0.3, -0.25) is 9.56 Å². The first-order valence-corrected chi connectivity index (χ1v) is 8.72. The predicted molar refractivity (Wildman–Crippen MR) is 98.9 cm³/mol. The number of benzene rings is 1. The summed E-state index contributed by atoms with van der Waals surface area (Å²) in [4.78, 5) is 12.6. The second-order valence-corrected chi connectivity index (χ2v) is 6.32. The molecule has 0 unspecified atom stereocenters. The van der Waals surface area contributed by atoms with Gasteiger partial charge in [0.15, 0.2) is 5.96 Å². The summed E-state index contributed by atoms with van der Waals surface area (Å²) in [6.45, 7) is 0.792. The lowest BCUT2D eigenvalue weighted by atomic mass is 10.2. The molecule has 0 atom stereocenters. The smallest absolute Gasteiger partial charge is 0.319 e. The average molecular weight is 383 g/mol. The van der Waals surface area contributed by atoms with E-state index < -0.39 is 6.55 Å². The van der Waals surface area contributed by atoms with Gasteiger partial charge in [0, 0.05) is 56.3 Å². The number of alkyl halides is 2. The normalized spacial score (nSPS) is 15.7. The zero-order valence-electron chi connectivity index (χ0n) is 14.4. The molecule has 0 radical (unpaired) electrons. The third-order valence-electron chi connectivity index (χ3n) is 4.33. The van der Waals surface area contributed by atoms with Gasteiger partial charge in [0.25, 0.3) is 0 Å². The van der Waals surface area contributed by atoms with Gasteiger partial charge in [-0.15, -0.1) is 0 Å². The third kappa shape index (κ3) is 4.24. The molecule has 1 aromatic carbocycles. The molecule has 3 rings (SSSR count). The fourth-order valence-electron chi connectivity index (χ4n) is 3.00. The van der Waals surface area contributed by atoms with Crippen LogP contribution in [0.1, 0.15) is 12.4 Å². The second kappa shape index (κ2) is 8.35. The van der Waals surface area contributed by atoms with E-state index in [0.717, 1.165) is 41.5 Å². The van der Waals surface area contributed by atoms with Crippen molar-refractivity contribution in [2.24, 2.45) is 4.99 Å². The lowest BCUT2D eigenvalue weighted by Crippen LogP contribution is -2.52. The highest BCUT2D eigenvalue weighted by Crippen LogP contribution is 2.20. The van der Waals surface area contributed by atoms with Crippen LogP contribution in [0.15, 0.2) is 41.7 Å². The Morgan fingerprint density at radius 2 is 2.08 bits per heavy atom. The summed E-state index contributed by atoms with van der Waals surface area (Å²) in [7, 11) is 1.69. The van der Waals surface area contributed by atoms with E-state index in [1.165, 1.54) is 12.4 Å². The van der Waals surface area contributed by atoms with Crippen molar-refractivity contribution < 1.29 is 8.78 Å². The van der Waals surface area contributed by atoms with Crippen molar-refractivity contribution in [3.63, 3.8) is 0 Å². The van der Waals surface area contributed by atoms with E-state index >= 15 is 0 Å². The number of nitrogens with zero attached hydrogens (tertiary/aromatic N) is 5. The Kier molecular flexibility index (Phi) is 5.92. The molecular weight excluding hydrogens is 362 g/mol. The van der Waals surface area contributed by atoms with Crippen molar-refractivity contribution in [3.05, 3.63) is 47.5 Å². The third-order valence-corrected chi connectivity index (χ3v) is 4.56. The van der Waals surface area contributed by atoms with Gasteiger partial charge in [-0.05, 0) is 18.2 Å². The fraction of sp³-hybridized carbons (Fsp3) is 0.412. The maximum atomic E-state index is 12.9. The van der Waals surface area contributed by atoms with Crippen LogP contribution in [0.2, 0.25) is 5.02 Å². The molecule has 0 bridgehead atoms. The predicted octanol–water partition coefficient (Wildman–Crippen LogP) is 2.83. The lowest BCUT2D eigenvalue weighted by Gasteiger charge is -2.37. The molecule has 9 heteroatoms. The first kappa shape index (κ1) is 18.4. The van der Waals surface area contributed by atoms with Crippen molar-refractivity contribution in [1.29, 1.82) is 0 Å². The van der Waals surface area contributed by atoms with Crippen LogP contribution in [0, 0.1) is 0 Å². The maximum Gasteiger partial charge on any atom is 0.319 e. The molecule has 1 aromatic heterocycles. The van der Waals surface area contributed by atoms with E-state index in [1.54, 1.807) is 7.05 Å². The molecule has 1 N–H and O–H groups in total. The molecule has 1 aliphatic heterocycles. The Morgan fingerprint density at radius 1 is 1.31 bits per heavy atom. The molecule has 6 nitrogen and oxygen atoms in total. The summed E-state index contributed by atoms with van der Waals surface area (Å²) in [6, 6.07) is 7.79. The van der Waals surface area contributed by atoms with E-state index in [2.05, 4.69) is 25.1 Å². The van der Waals surface area contributed by atoms with Gasteiger partial charge in [0.2, 0.25) is 0 Å². The number of guanidine groups is 1. The molecule has 2 heterocycles. The Labute approximate surface area is 156 Å². The number of halogens is 3. The molecular formula is C17H21ClF2N6. The summed E-state index contributed by atoms with van der Waals surface area (Å²) in [5, 5.41) is 3.84. The van der Waals surface area contributed by atoms with Gasteiger partial charge in [0.1, 0.15) is 5.82 Å². The molecule has 1 aliphatic rings. The molecule has 0 saturated carbocycles. The molecule has 0 aliphatic carbocycles. The van der Waals surface area contributed by atoms with Crippen LogP contribution in [-0.2, 0) is 6.54 Å². The van der Waals surface area contributed by atoms with Gasteiger partial charge < -0.3 is 15.1 Å². The van der Waals surface area contributed by atoms with Crippen LogP contribution in [-0.4, -0.2) is 53.6 Å². The van der Waals surface area contributed by atoms with Gasteiger partial charge in [-0.2, -0.15) is 8.78 Å². The molecule has 1 fully saturated rings. The molecule has 2 aromatic rings. The van der Waals surface area contributed by atoms with Crippen LogP contribution in [0.5, 0.6) is 0 Å². The van der Waals surface area contributed by atoms with E-state index in [9.17, 15) is 8.78 Å². The zero-order valence-corrected chi connectivity index (χ0v) is 15.2. The standard InChI is InChI=1S/C17H21ClF2N6/c1-21-17(23-12-15-22-5-6-26(15)16(19)20)25-9-7-24(8-10-25)14-4-2-3-13(18)11-14/h2-6,11,16H,7-10,12H2,1H3,(H,21,23). The Morgan fingerprint density at radius 3 is 2.73 bits per heavy atom. The summed E-state index contributed by atoms with van der Waals surface area (Å²) in [6.07, 6.45) is 2.64.